The van der Waals surface area contributed by atoms with Crippen LogP contribution in [0.1, 0.15) is 38.5 Å². The van der Waals surface area contributed by atoms with Gasteiger partial charge in [0.25, 0.3) is 0 Å². The van der Waals surface area contributed by atoms with Crippen LogP contribution in [0.15, 0.2) is 0 Å². The molecule has 0 spiro atoms. The summed E-state index contributed by atoms with van der Waals surface area (Å²) in [6.07, 6.45) is -20.2. The number of carbonyl (C=O) groups excluding carboxylic acids is 3. The Bertz CT molecular complexity index is 1260. The van der Waals surface area contributed by atoms with Crippen molar-refractivity contribution in [3.05, 3.63) is 0 Å². The predicted molar refractivity (Wildman–Crippen MR) is 138 cm³/mol. The van der Waals surface area contributed by atoms with Gasteiger partial charge in [0.15, 0.2) is 29.0 Å². The molecule has 0 heterocycles. The van der Waals surface area contributed by atoms with Crippen LogP contribution >= 0.6 is 0 Å². The van der Waals surface area contributed by atoms with Gasteiger partial charge >= 0.3 is 53.7 Å². The Morgan fingerprint density at radius 1 is 0.521 bits per heavy atom. The lowest BCUT2D eigenvalue weighted by Gasteiger charge is -2.33. The largest absolute Gasteiger partial charge is 0.481 e. The maximum Gasteiger partial charge on any atom is 0.336 e. The lowest BCUT2D eigenvalue weighted by Crippen LogP contribution is -2.53. The highest BCUT2D eigenvalue weighted by Crippen LogP contribution is 2.24. The highest BCUT2D eigenvalue weighted by molar-refractivity contribution is 5.90. The SMILES string of the molecule is O=C(O)CC(O)(CC(=O)OC[C@H](OC(=O)CC(O)(CC(=O)O)C(=O)O)[C@@H](OC(=O)CC(O)(CC(=O)O)C(=O)O)[C@H](O)[C@H](O)CO)C(=O)O. The molecule has 0 aromatic rings. The second-order valence-electron chi connectivity index (χ2n) is 10.2. The smallest absolute Gasteiger partial charge is 0.336 e. The van der Waals surface area contributed by atoms with Gasteiger partial charge in [0, 0.05) is 0 Å². The fourth-order valence-electron chi connectivity index (χ4n) is 3.63. The van der Waals surface area contributed by atoms with Gasteiger partial charge < -0.3 is 75.5 Å². The van der Waals surface area contributed by atoms with Crippen LogP contribution in [-0.4, -0.2) is 169 Å². The molecular weight excluding hydrogens is 672 g/mol. The number of aliphatic carboxylic acids is 6. The minimum atomic E-state index is -3.40. The number of ether oxygens (including phenoxy) is 3. The molecule has 272 valence electrons. The lowest BCUT2D eigenvalue weighted by atomic mass is 9.95. The summed E-state index contributed by atoms with van der Waals surface area (Å²) in [5.41, 5.74) is -10.1. The van der Waals surface area contributed by atoms with E-state index >= 15 is 0 Å². The number of hydrogen-bond acceptors (Lipinski definition) is 18. The third kappa shape index (κ3) is 13.4. The fraction of sp³-hybridized carbons (Fsp3) is 0.625. The van der Waals surface area contributed by atoms with Gasteiger partial charge in [0.2, 0.25) is 0 Å². The predicted octanol–water partition coefficient (Wildman–Crippen LogP) is -5.89. The van der Waals surface area contributed by atoms with Gasteiger partial charge in [0.05, 0.1) is 45.1 Å². The molecule has 48 heavy (non-hydrogen) atoms. The zero-order valence-electron chi connectivity index (χ0n) is 24.2. The summed E-state index contributed by atoms with van der Waals surface area (Å²) in [6.45, 7) is -2.95. The van der Waals surface area contributed by atoms with Crippen LogP contribution in [-0.2, 0) is 57.4 Å². The summed E-state index contributed by atoms with van der Waals surface area (Å²) in [4.78, 5) is 105. The summed E-state index contributed by atoms with van der Waals surface area (Å²) in [7, 11) is 0. The molecule has 0 saturated carbocycles. The molecular formula is C24H32O24. The molecule has 0 aromatic heterocycles. The number of aliphatic hydroxyl groups excluding tert-OH is 3. The molecule has 3 unspecified atom stereocenters. The molecule has 0 fully saturated rings. The first-order chi connectivity index (χ1) is 21.8. The summed E-state index contributed by atoms with van der Waals surface area (Å²) >= 11 is 0. The first kappa shape index (κ1) is 43.0. The van der Waals surface area contributed by atoms with Crippen LogP contribution in [0.25, 0.3) is 0 Å². The Balaban J connectivity index is 6.73. The van der Waals surface area contributed by atoms with Crippen molar-refractivity contribution in [1.82, 2.24) is 0 Å². The average molecular weight is 704 g/mol. The van der Waals surface area contributed by atoms with E-state index in [9.17, 15) is 84.0 Å². The van der Waals surface area contributed by atoms with Crippen molar-refractivity contribution < 1.29 is 119 Å². The van der Waals surface area contributed by atoms with E-state index in [0.717, 1.165) is 0 Å². The molecule has 0 aliphatic carbocycles. The zero-order valence-corrected chi connectivity index (χ0v) is 24.2. The first-order valence-corrected chi connectivity index (χ1v) is 12.9. The van der Waals surface area contributed by atoms with Crippen molar-refractivity contribution in [2.75, 3.05) is 13.2 Å². The Morgan fingerprint density at radius 3 is 1.17 bits per heavy atom. The van der Waals surface area contributed by atoms with E-state index in [1.165, 1.54) is 0 Å². The van der Waals surface area contributed by atoms with E-state index in [1.807, 2.05) is 0 Å². The topological polar surface area (TPSA) is 424 Å². The zero-order chi connectivity index (χ0) is 37.8. The quantitative estimate of drug-likeness (QED) is 0.0348. The minimum absolute atomic E-state index is 1.38. The van der Waals surface area contributed by atoms with Crippen LogP contribution in [0, 0.1) is 0 Å². The molecule has 7 atom stereocenters. The minimum Gasteiger partial charge on any atom is -0.481 e. The monoisotopic (exact) mass is 704 g/mol. The van der Waals surface area contributed by atoms with Gasteiger partial charge in [-0.3, -0.25) is 28.8 Å². The maximum absolute atomic E-state index is 12.7. The molecule has 24 heteroatoms. The molecule has 0 bridgehead atoms. The Kier molecular flexibility index (Phi) is 15.9. The molecule has 0 saturated heterocycles. The summed E-state index contributed by atoms with van der Waals surface area (Å²) in [5, 5.41) is 114. The third-order valence-corrected chi connectivity index (χ3v) is 6.08. The molecule has 0 aromatic carbocycles. The number of rotatable bonds is 23. The molecule has 0 rings (SSSR count). The van der Waals surface area contributed by atoms with Gasteiger partial charge in [0.1, 0.15) is 18.8 Å². The Morgan fingerprint density at radius 2 is 0.854 bits per heavy atom. The van der Waals surface area contributed by atoms with Crippen molar-refractivity contribution in [2.24, 2.45) is 0 Å². The van der Waals surface area contributed by atoms with E-state index in [4.69, 9.17) is 29.9 Å². The molecule has 12 N–H and O–H groups in total. The fourth-order valence-corrected chi connectivity index (χ4v) is 3.63. The average Bonchev–Trinajstić information content (AvgIpc) is 2.91. The molecule has 0 aliphatic rings. The molecule has 0 radical (unpaired) electrons. The van der Waals surface area contributed by atoms with E-state index in [0.29, 0.717) is 0 Å². The highest BCUT2D eigenvalue weighted by atomic mass is 16.6. The van der Waals surface area contributed by atoms with E-state index in [1.54, 1.807) is 0 Å². The molecule has 0 amide bonds. The van der Waals surface area contributed by atoms with Gasteiger partial charge in [-0.25, -0.2) is 14.4 Å². The summed E-state index contributed by atoms with van der Waals surface area (Å²) in [6, 6.07) is 0. The normalized spacial score (nSPS) is 17.4. The summed E-state index contributed by atoms with van der Waals surface area (Å²) in [5.74, 6) is -18.3. The Hall–Kier alpha value is -5.01. The number of aliphatic hydroxyl groups is 6. The number of carboxylic acid groups (broad SMARTS) is 6. The molecule has 0 aliphatic heterocycles. The van der Waals surface area contributed by atoms with Crippen molar-refractivity contribution in [2.45, 2.75) is 79.7 Å². The second-order valence-corrected chi connectivity index (χ2v) is 10.2. The van der Waals surface area contributed by atoms with Crippen molar-refractivity contribution in [1.29, 1.82) is 0 Å². The number of esters is 3. The van der Waals surface area contributed by atoms with Crippen molar-refractivity contribution in [3.63, 3.8) is 0 Å². The highest BCUT2D eigenvalue weighted by Gasteiger charge is 2.47. The van der Waals surface area contributed by atoms with Gasteiger partial charge in [-0.15, -0.1) is 0 Å². The van der Waals surface area contributed by atoms with Crippen LogP contribution in [0.3, 0.4) is 0 Å². The standard InChI is InChI=1S/C24H32O24/c25-7-9(26)17(36)18(48-16(35)6-24(45,21(41)42)3-13(31)32)10(47-15(34)5-23(44,20(39)40)2-12(29)30)8-46-14(33)4-22(43,19(37)38)1-11(27)28/h9-10,17-18,25-26,36,43-45H,1-8H2,(H,27,28)(H,29,30)(H,31,32)(H,37,38)(H,39,40)(H,41,42)/t9-,10+,17-,18-,22?,23?,24?/m1/s1. The Labute approximate surface area is 265 Å². The maximum atomic E-state index is 12.7. The van der Waals surface area contributed by atoms with Gasteiger partial charge in [-0.05, 0) is 0 Å². The second kappa shape index (κ2) is 17.8. The van der Waals surface area contributed by atoms with Crippen molar-refractivity contribution >= 4 is 53.7 Å². The van der Waals surface area contributed by atoms with Gasteiger partial charge in [-0.2, -0.15) is 0 Å². The van der Waals surface area contributed by atoms with E-state index in [2.05, 4.69) is 4.74 Å². The number of hydrogen-bond donors (Lipinski definition) is 12. The van der Waals surface area contributed by atoms with Crippen LogP contribution in [0.4, 0.5) is 0 Å². The third-order valence-electron chi connectivity index (χ3n) is 6.08. The van der Waals surface area contributed by atoms with Crippen LogP contribution in [0.5, 0.6) is 0 Å². The van der Waals surface area contributed by atoms with E-state index < -0.39 is 147 Å². The van der Waals surface area contributed by atoms with Crippen LogP contribution in [0.2, 0.25) is 0 Å². The van der Waals surface area contributed by atoms with Crippen LogP contribution < -0.4 is 0 Å². The first-order valence-electron chi connectivity index (χ1n) is 12.9. The van der Waals surface area contributed by atoms with Crippen molar-refractivity contribution in [3.8, 4) is 0 Å². The van der Waals surface area contributed by atoms with E-state index in [-0.39, 0.29) is 0 Å². The summed E-state index contributed by atoms with van der Waals surface area (Å²) < 4.78 is 14.2. The number of carboxylic acids is 6. The van der Waals surface area contributed by atoms with Gasteiger partial charge in [-0.1, -0.05) is 0 Å². The lowest BCUT2D eigenvalue weighted by molar-refractivity contribution is -0.200. The molecule has 24 nitrogen and oxygen atoms in total. The number of carbonyl (C=O) groups is 9.